The Labute approximate surface area is 63.2 Å². The molecular formula is C5H10N3Se. The first-order valence-electron chi connectivity index (χ1n) is 2.80. The average Bonchev–Trinajstić information content (AvgIpc) is 1.80. The van der Waals surface area contributed by atoms with Crippen LogP contribution in [0.3, 0.4) is 0 Å². The van der Waals surface area contributed by atoms with Crippen LogP contribution in [0.2, 0.25) is 0 Å². The van der Waals surface area contributed by atoms with Crippen LogP contribution in [-0.2, 0) is 0 Å². The average molecular weight is 191 g/mol. The Hall–Kier alpha value is -0.341. The summed E-state index contributed by atoms with van der Waals surface area (Å²) in [6.45, 7) is 2.08. The molecule has 9 heavy (non-hydrogen) atoms. The van der Waals surface area contributed by atoms with Crippen LogP contribution >= 0.6 is 0 Å². The molecule has 0 unspecified atom stereocenters. The molecule has 2 N–H and O–H groups in total. The van der Waals surface area contributed by atoms with E-state index < -0.39 is 0 Å². The van der Waals surface area contributed by atoms with Gasteiger partial charge in [-0.3, -0.25) is 0 Å². The van der Waals surface area contributed by atoms with Gasteiger partial charge in [-0.2, -0.15) is 0 Å². The first kappa shape index (κ1) is 8.66. The number of nitrogens with one attached hydrogen (secondary N) is 2. The molecule has 0 aliphatic rings. The van der Waals surface area contributed by atoms with Crippen LogP contribution in [0.5, 0.6) is 0 Å². The quantitative estimate of drug-likeness (QED) is 0.289. The summed E-state index contributed by atoms with van der Waals surface area (Å²) in [5.41, 5.74) is 2.48. The van der Waals surface area contributed by atoms with E-state index in [9.17, 15) is 0 Å². The third-order valence-corrected chi connectivity index (χ3v) is 0.867. The van der Waals surface area contributed by atoms with Crippen molar-refractivity contribution < 1.29 is 0 Å². The summed E-state index contributed by atoms with van der Waals surface area (Å²) in [5, 5.41) is 10.6. The Bertz CT molecular complexity index is 111. The zero-order chi connectivity index (χ0) is 7.11. The van der Waals surface area contributed by atoms with E-state index in [1.165, 1.54) is 0 Å². The summed E-state index contributed by atoms with van der Waals surface area (Å²) in [6, 6.07) is 0. The van der Waals surface area contributed by atoms with E-state index in [0.717, 1.165) is 12.8 Å². The van der Waals surface area contributed by atoms with E-state index in [1.807, 2.05) is 0 Å². The molecule has 4 heteroatoms. The molecule has 0 aliphatic heterocycles. The first-order valence-corrected chi connectivity index (χ1v) is 3.66. The van der Waals surface area contributed by atoms with Gasteiger partial charge in [0.15, 0.2) is 0 Å². The number of nitrogens with zero attached hydrogens (tertiary/aromatic N) is 1. The fourth-order valence-corrected chi connectivity index (χ4v) is 0.408. The summed E-state index contributed by atoms with van der Waals surface area (Å²) in [4.78, 5) is 0. The minimum absolute atomic E-state index is 0.252. The second-order valence-corrected chi connectivity index (χ2v) is 2.40. The number of hydrogen-bond acceptors (Lipinski definition) is 2. The van der Waals surface area contributed by atoms with Crippen LogP contribution in [0.15, 0.2) is 5.10 Å². The zero-order valence-corrected chi connectivity index (χ0v) is 7.06. The van der Waals surface area contributed by atoms with Crippen LogP contribution in [0.1, 0.15) is 19.8 Å². The van der Waals surface area contributed by atoms with Gasteiger partial charge >= 0.3 is 62.7 Å². The summed E-state index contributed by atoms with van der Waals surface area (Å²) in [6.07, 6.45) is 3.80. The van der Waals surface area contributed by atoms with Crippen LogP contribution in [0.4, 0.5) is 0 Å². The zero-order valence-electron chi connectivity index (χ0n) is 5.35. The standard InChI is InChI=1S/C5H10N3Se/c1-2-3-4-7-8-5(6)9/h4H,2-3H2,1H3,(H2,6,8). The first-order chi connectivity index (χ1) is 4.27. The molecule has 0 saturated carbocycles. The number of unbranched alkanes of at least 4 members (excludes halogenated alkanes) is 1. The van der Waals surface area contributed by atoms with Gasteiger partial charge in [-0.15, -0.1) is 0 Å². The van der Waals surface area contributed by atoms with Crippen molar-refractivity contribution in [2.45, 2.75) is 19.8 Å². The van der Waals surface area contributed by atoms with E-state index in [-0.39, 0.29) is 4.73 Å². The van der Waals surface area contributed by atoms with E-state index in [2.05, 4.69) is 33.5 Å². The molecule has 3 nitrogen and oxygen atoms in total. The van der Waals surface area contributed by atoms with Gasteiger partial charge in [-0.05, 0) is 0 Å². The van der Waals surface area contributed by atoms with Gasteiger partial charge in [0.1, 0.15) is 0 Å². The molecule has 0 atom stereocenters. The Balaban J connectivity index is 3.14. The van der Waals surface area contributed by atoms with E-state index in [0.29, 0.717) is 0 Å². The topological polar surface area (TPSA) is 48.2 Å². The van der Waals surface area contributed by atoms with E-state index in [4.69, 9.17) is 5.41 Å². The minimum atomic E-state index is 0.252. The van der Waals surface area contributed by atoms with E-state index >= 15 is 0 Å². The van der Waals surface area contributed by atoms with E-state index in [1.54, 1.807) is 6.21 Å². The van der Waals surface area contributed by atoms with Crippen molar-refractivity contribution >= 4 is 27.0 Å². The molecule has 1 radical (unpaired) electrons. The number of rotatable bonds is 3. The molecule has 0 amide bonds. The molecule has 0 spiro atoms. The maximum atomic E-state index is 6.85. The molecule has 0 rings (SSSR count). The van der Waals surface area contributed by atoms with Crippen molar-refractivity contribution in [2.24, 2.45) is 5.10 Å². The third-order valence-electron chi connectivity index (χ3n) is 0.675. The molecule has 0 aromatic rings. The summed E-state index contributed by atoms with van der Waals surface area (Å²) < 4.78 is 0.252. The van der Waals surface area contributed by atoms with Gasteiger partial charge in [0.05, 0.1) is 0 Å². The van der Waals surface area contributed by atoms with Gasteiger partial charge in [-0.25, -0.2) is 0 Å². The van der Waals surface area contributed by atoms with Gasteiger partial charge in [-0.1, -0.05) is 0 Å². The molecular weight excluding hydrogens is 181 g/mol. The molecule has 51 valence electrons. The molecule has 0 heterocycles. The van der Waals surface area contributed by atoms with Gasteiger partial charge in [0.2, 0.25) is 0 Å². The number of hydrazone groups is 1. The molecule has 0 aromatic carbocycles. The van der Waals surface area contributed by atoms with Crippen LogP contribution < -0.4 is 5.43 Å². The number of hydrogen-bond donors (Lipinski definition) is 2. The van der Waals surface area contributed by atoms with Gasteiger partial charge in [0.25, 0.3) is 0 Å². The molecule has 0 bridgehead atoms. The van der Waals surface area contributed by atoms with Gasteiger partial charge in [0, 0.05) is 0 Å². The van der Waals surface area contributed by atoms with Crippen molar-refractivity contribution in [3.05, 3.63) is 0 Å². The number of amidine groups is 1. The molecule has 0 aliphatic carbocycles. The SMILES string of the molecule is CCCC=NNC(=N)[Se]. The Morgan fingerprint density at radius 2 is 2.56 bits per heavy atom. The maximum absolute atomic E-state index is 6.85. The summed E-state index contributed by atoms with van der Waals surface area (Å²) >= 11 is 2.48. The monoisotopic (exact) mass is 192 g/mol. The normalized spacial score (nSPS) is 9.89. The summed E-state index contributed by atoms with van der Waals surface area (Å²) in [5.74, 6) is 0. The van der Waals surface area contributed by atoms with Crippen molar-refractivity contribution in [1.82, 2.24) is 5.43 Å². The summed E-state index contributed by atoms with van der Waals surface area (Å²) in [7, 11) is 0. The molecule has 0 aromatic heterocycles. The third kappa shape index (κ3) is 7.66. The van der Waals surface area contributed by atoms with Crippen LogP contribution in [0, 0.1) is 5.41 Å². The molecule has 0 fully saturated rings. The second-order valence-electron chi connectivity index (χ2n) is 1.54. The van der Waals surface area contributed by atoms with Crippen molar-refractivity contribution in [3.8, 4) is 0 Å². The second kappa shape index (κ2) is 5.79. The predicted octanol–water partition coefficient (Wildman–Crippen LogP) is 0.465. The van der Waals surface area contributed by atoms with Crippen LogP contribution in [-0.4, -0.2) is 27.0 Å². The van der Waals surface area contributed by atoms with Crippen LogP contribution in [0.25, 0.3) is 0 Å². The Kier molecular flexibility index (Phi) is 5.57. The Morgan fingerprint density at radius 1 is 1.89 bits per heavy atom. The van der Waals surface area contributed by atoms with Crippen molar-refractivity contribution in [2.75, 3.05) is 0 Å². The fourth-order valence-electron chi connectivity index (χ4n) is 0.298. The predicted molar refractivity (Wildman–Crippen MR) is 40.0 cm³/mol. The Morgan fingerprint density at radius 3 is 3.00 bits per heavy atom. The van der Waals surface area contributed by atoms with Crippen molar-refractivity contribution in [1.29, 1.82) is 5.41 Å². The van der Waals surface area contributed by atoms with Gasteiger partial charge < -0.3 is 0 Å². The molecule has 0 saturated heterocycles. The van der Waals surface area contributed by atoms with Crippen molar-refractivity contribution in [3.63, 3.8) is 0 Å². The fraction of sp³-hybridized carbons (Fsp3) is 0.600.